The number of hydrogen-bond donors (Lipinski definition) is 3. The number of carbonyl (C=O) groups is 1. The van der Waals surface area contributed by atoms with Gasteiger partial charge in [-0.2, -0.15) is 0 Å². The number of rotatable bonds is 6. The van der Waals surface area contributed by atoms with E-state index >= 15 is 0 Å². The Labute approximate surface area is 127 Å². The fourth-order valence-electron chi connectivity index (χ4n) is 1.45. The van der Waals surface area contributed by atoms with E-state index in [0.717, 1.165) is 0 Å². The molecule has 4 N–H and O–H groups in total. The summed E-state index contributed by atoms with van der Waals surface area (Å²) in [6.07, 6.45) is 0.0908. The summed E-state index contributed by atoms with van der Waals surface area (Å²) in [7, 11) is -3.64. The zero-order valence-electron chi connectivity index (χ0n) is 11.3. The van der Waals surface area contributed by atoms with Crippen LogP contribution in [0.25, 0.3) is 0 Å². The van der Waals surface area contributed by atoms with E-state index in [9.17, 15) is 13.2 Å². The molecule has 0 radical (unpaired) electrons. The second-order valence-electron chi connectivity index (χ2n) is 4.55. The summed E-state index contributed by atoms with van der Waals surface area (Å²) in [5.41, 5.74) is 6.06. The molecule has 8 heteroatoms. The molecule has 1 aromatic carbocycles. The smallest absolute Gasteiger partial charge is 0.240 e. The highest BCUT2D eigenvalue weighted by molar-refractivity contribution is 9.10. The Kier molecular flexibility index (Phi) is 5.97. The van der Waals surface area contributed by atoms with Gasteiger partial charge in [-0.3, -0.25) is 4.79 Å². The minimum Gasteiger partial charge on any atom is -0.398 e. The number of carbonyl (C=O) groups excluding carboxylic acids is 1. The average Bonchev–Trinajstić information content (AvgIpc) is 2.31. The molecule has 0 saturated heterocycles. The largest absolute Gasteiger partial charge is 0.398 e. The molecule has 0 aliphatic carbocycles. The number of benzene rings is 1. The predicted molar refractivity (Wildman–Crippen MR) is 81.6 cm³/mol. The van der Waals surface area contributed by atoms with Crippen molar-refractivity contribution in [2.75, 3.05) is 12.3 Å². The molecule has 0 fully saturated rings. The van der Waals surface area contributed by atoms with Gasteiger partial charge in [-0.05, 0) is 48.0 Å². The number of nitrogens with two attached hydrogens (primary N) is 1. The third-order valence-corrected chi connectivity index (χ3v) is 4.52. The van der Waals surface area contributed by atoms with Crippen molar-refractivity contribution >= 4 is 37.5 Å². The fourth-order valence-corrected chi connectivity index (χ4v) is 3.04. The van der Waals surface area contributed by atoms with E-state index in [1.807, 2.05) is 13.8 Å². The molecule has 1 amide bonds. The van der Waals surface area contributed by atoms with E-state index in [2.05, 4.69) is 26.0 Å². The summed E-state index contributed by atoms with van der Waals surface area (Å²) >= 11 is 3.18. The van der Waals surface area contributed by atoms with Crippen LogP contribution in [-0.4, -0.2) is 26.9 Å². The Morgan fingerprint density at radius 3 is 2.60 bits per heavy atom. The summed E-state index contributed by atoms with van der Waals surface area (Å²) in [6, 6.07) is 4.37. The number of sulfonamides is 1. The van der Waals surface area contributed by atoms with Gasteiger partial charge in [0.15, 0.2) is 0 Å². The number of anilines is 1. The molecular weight excluding hydrogens is 346 g/mol. The minimum atomic E-state index is -3.64. The molecule has 0 unspecified atom stereocenters. The number of amides is 1. The first kappa shape index (κ1) is 16.9. The molecule has 1 rings (SSSR count). The summed E-state index contributed by atoms with van der Waals surface area (Å²) in [5, 5.41) is 2.69. The molecule has 0 bridgehead atoms. The van der Waals surface area contributed by atoms with Crippen molar-refractivity contribution in [2.45, 2.75) is 31.2 Å². The van der Waals surface area contributed by atoms with E-state index < -0.39 is 10.0 Å². The summed E-state index contributed by atoms with van der Waals surface area (Å²) in [6.45, 7) is 3.73. The van der Waals surface area contributed by atoms with Crippen LogP contribution in [0.3, 0.4) is 0 Å². The first-order valence-electron chi connectivity index (χ1n) is 6.06. The van der Waals surface area contributed by atoms with Gasteiger partial charge in [0.05, 0.1) is 4.90 Å². The lowest BCUT2D eigenvalue weighted by Crippen LogP contribution is -2.34. The molecule has 1 aromatic rings. The second kappa shape index (κ2) is 7.05. The van der Waals surface area contributed by atoms with Crippen LogP contribution in [0, 0.1) is 0 Å². The topological polar surface area (TPSA) is 101 Å². The van der Waals surface area contributed by atoms with Gasteiger partial charge in [-0.1, -0.05) is 0 Å². The fraction of sp³-hybridized carbons (Fsp3) is 0.417. The highest BCUT2D eigenvalue weighted by atomic mass is 79.9. The number of hydrogen-bond acceptors (Lipinski definition) is 4. The van der Waals surface area contributed by atoms with E-state index in [0.29, 0.717) is 10.2 Å². The third kappa shape index (κ3) is 5.10. The van der Waals surface area contributed by atoms with Gasteiger partial charge in [0.25, 0.3) is 0 Å². The van der Waals surface area contributed by atoms with E-state index in [-0.39, 0.29) is 29.8 Å². The van der Waals surface area contributed by atoms with Crippen molar-refractivity contribution in [3.8, 4) is 0 Å². The molecule has 0 atom stereocenters. The zero-order chi connectivity index (χ0) is 15.3. The molecule has 112 valence electrons. The first-order chi connectivity index (χ1) is 9.22. The van der Waals surface area contributed by atoms with Gasteiger partial charge in [-0.25, -0.2) is 13.1 Å². The number of nitrogen functional groups attached to an aromatic ring is 1. The van der Waals surface area contributed by atoms with Gasteiger partial charge in [0.1, 0.15) is 0 Å². The standard InChI is InChI=1S/C12H18BrN3O3S/c1-8(2)16-12(17)5-6-15-20(18,19)9-3-4-11(14)10(13)7-9/h3-4,7-8,15H,5-6,14H2,1-2H3,(H,16,17). The maximum Gasteiger partial charge on any atom is 0.240 e. The monoisotopic (exact) mass is 363 g/mol. The Morgan fingerprint density at radius 1 is 1.40 bits per heavy atom. The normalized spacial score (nSPS) is 11.6. The highest BCUT2D eigenvalue weighted by Crippen LogP contribution is 2.22. The Morgan fingerprint density at radius 2 is 2.05 bits per heavy atom. The highest BCUT2D eigenvalue weighted by Gasteiger charge is 2.15. The lowest BCUT2D eigenvalue weighted by Gasteiger charge is -2.10. The SMILES string of the molecule is CC(C)NC(=O)CCNS(=O)(=O)c1ccc(N)c(Br)c1. The van der Waals surface area contributed by atoms with Gasteiger partial charge in [0.2, 0.25) is 15.9 Å². The van der Waals surface area contributed by atoms with Crippen LogP contribution in [0.5, 0.6) is 0 Å². The van der Waals surface area contributed by atoms with E-state index in [4.69, 9.17) is 5.73 Å². The van der Waals surface area contributed by atoms with Gasteiger partial charge in [0, 0.05) is 29.2 Å². The van der Waals surface area contributed by atoms with Crippen LogP contribution in [0.2, 0.25) is 0 Å². The van der Waals surface area contributed by atoms with Crippen molar-refractivity contribution in [2.24, 2.45) is 0 Å². The second-order valence-corrected chi connectivity index (χ2v) is 7.17. The quantitative estimate of drug-likeness (QED) is 0.661. The lowest BCUT2D eigenvalue weighted by atomic mass is 10.3. The molecule has 0 aliphatic heterocycles. The maximum absolute atomic E-state index is 12.0. The summed E-state index contributed by atoms with van der Waals surface area (Å²) in [4.78, 5) is 11.5. The van der Waals surface area contributed by atoms with Crippen molar-refractivity contribution in [1.29, 1.82) is 0 Å². The molecule has 0 spiro atoms. The Hall–Kier alpha value is -1.12. The van der Waals surface area contributed by atoms with Gasteiger partial charge < -0.3 is 11.1 Å². The van der Waals surface area contributed by atoms with Crippen LogP contribution in [-0.2, 0) is 14.8 Å². The van der Waals surface area contributed by atoms with Crippen LogP contribution in [0.15, 0.2) is 27.6 Å². The van der Waals surface area contributed by atoms with Crippen molar-refractivity contribution in [3.05, 3.63) is 22.7 Å². The summed E-state index contributed by atoms with van der Waals surface area (Å²) < 4.78 is 26.9. The average molecular weight is 364 g/mol. The third-order valence-electron chi connectivity index (χ3n) is 2.38. The molecule has 0 aromatic heterocycles. The number of halogens is 1. The Balaban J connectivity index is 2.62. The number of nitrogens with one attached hydrogen (secondary N) is 2. The van der Waals surface area contributed by atoms with Gasteiger partial charge >= 0.3 is 0 Å². The molecule has 20 heavy (non-hydrogen) atoms. The molecular formula is C12H18BrN3O3S. The first-order valence-corrected chi connectivity index (χ1v) is 8.34. The van der Waals surface area contributed by atoms with Crippen molar-refractivity contribution in [3.63, 3.8) is 0 Å². The molecule has 0 saturated carbocycles. The van der Waals surface area contributed by atoms with E-state index in [1.165, 1.54) is 18.2 Å². The Bertz CT molecular complexity index is 588. The van der Waals surface area contributed by atoms with Crippen LogP contribution < -0.4 is 15.8 Å². The van der Waals surface area contributed by atoms with Crippen LogP contribution in [0.1, 0.15) is 20.3 Å². The summed E-state index contributed by atoms with van der Waals surface area (Å²) in [5.74, 6) is -0.193. The minimum absolute atomic E-state index is 0.0344. The molecule has 6 nitrogen and oxygen atoms in total. The van der Waals surface area contributed by atoms with Crippen LogP contribution >= 0.6 is 15.9 Å². The van der Waals surface area contributed by atoms with Crippen molar-refractivity contribution < 1.29 is 13.2 Å². The van der Waals surface area contributed by atoms with E-state index in [1.54, 1.807) is 0 Å². The zero-order valence-corrected chi connectivity index (χ0v) is 13.7. The maximum atomic E-state index is 12.0. The lowest BCUT2D eigenvalue weighted by molar-refractivity contribution is -0.121. The molecule has 0 heterocycles. The predicted octanol–water partition coefficient (Wildman–Crippen LogP) is 1.22. The molecule has 0 aliphatic rings. The van der Waals surface area contributed by atoms with Crippen molar-refractivity contribution in [1.82, 2.24) is 10.0 Å². The van der Waals surface area contributed by atoms with Crippen LogP contribution in [0.4, 0.5) is 5.69 Å². The van der Waals surface area contributed by atoms with Gasteiger partial charge in [-0.15, -0.1) is 0 Å².